The van der Waals surface area contributed by atoms with Gasteiger partial charge in [0, 0.05) is 39.4 Å². The molecular weight excluding hydrogens is 393 g/mol. The molecule has 2 atom stereocenters. The van der Waals surface area contributed by atoms with E-state index >= 15 is 0 Å². The number of likely N-dealkylation sites (tertiary alicyclic amines) is 1. The van der Waals surface area contributed by atoms with Crippen molar-refractivity contribution in [2.75, 3.05) is 13.1 Å². The molecule has 2 aromatic heterocycles. The maximum atomic E-state index is 12.9. The molecule has 0 saturated carbocycles. The van der Waals surface area contributed by atoms with E-state index < -0.39 is 11.2 Å². The first-order chi connectivity index (χ1) is 11.8. The number of amides is 1. The predicted octanol–water partition coefficient (Wildman–Crippen LogP) is 0.675. The van der Waals surface area contributed by atoms with Crippen LogP contribution in [0.5, 0.6) is 0 Å². The summed E-state index contributed by atoms with van der Waals surface area (Å²) in [4.78, 5) is 43.2. The van der Waals surface area contributed by atoms with E-state index in [0.717, 1.165) is 17.4 Å². The predicted molar refractivity (Wildman–Crippen MR) is 109 cm³/mol. The minimum atomic E-state index is -0.456. The van der Waals surface area contributed by atoms with Gasteiger partial charge in [-0.1, -0.05) is 6.92 Å². The van der Waals surface area contributed by atoms with Crippen LogP contribution in [0.2, 0.25) is 0 Å². The van der Waals surface area contributed by atoms with Crippen LogP contribution in [0.1, 0.15) is 30.1 Å². The molecule has 1 amide bonds. The summed E-state index contributed by atoms with van der Waals surface area (Å²) in [5.74, 6) is 0.363. The molecule has 8 nitrogen and oxygen atoms in total. The van der Waals surface area contributed by atoms with Gasteiger partial charge in [-0.05, 0) is 24.8 Å². The molecule has 10 heteroatoms. The quantitative estimate of drug-likeness (QED) is 0.773. The monoisotopic (exact) mass is 417 g/mol. The molecule has 2 aromatic rings. The van der Waals surface area contributed by atoms with E-state index in [1.807, 2.05) is 0 Å². The highest BCUT2D eigenvalue weighted by atomic mass is 35.5. The second kappa shape index (κ2) is 8.86. The van der Waals surface area contributed by atoms with Crippen molar-refractivity contribution in [1.29, 1.82) is 0 Å². The molecule has 0 radical (unpaired) electrons. The summed E-state index contributed by atoms with van der Waals surface area (Å²) in [6.45, 7) is 3.21. The highest BCUT2D eigenvalue weighted by Gasteiger charge is 2.30. The number of fused-ring (bicyclic) bond motifs is 1. The molecule has 1 saturated heterocycles. The van der Waals surface area contributed by atoms with Gasteiger partial charge >= 0.3 is 5.69 Å². The summed E-state index contributed by atoms with van der Waals surface area (Å²) in [5, 5.41) is 0.255. The fourth-order valence-electron chi connectivity index (χ4n) is 3.49. The van der Waals surface area contributed by atoms with Gasteiger partial charge in [-0.25, -0.2) is 9.78 Å². The third-order valence-corrected chi connectivity index (χ3v) is 5.05. The number of carbonyl (C=O) groups excluding carboxylic acids is 1. The van der Waals surface area contributed by atoms with Gasteiger partial charge in [0.15, 0.2) is 0 Å². The van der Waals surface area contributed by atoms with Crippen LogP contribution in [-0.4, -0.2) is 44.1 Å². The molecule has 2 unspecified atom stereocenters. The van der Waals surface area contributed by atoms with Crippen LogP contribution >= 0.6 is 24.8 Å². The number of nitrogens with zero attached hydrogens (tertiary/aromatic N) is 4. The Kier molecular flexibility index (Phi) is 7.59. The zero-order chi connectivity index (χ0) is 18.3. The Hall–Kier alpha value is -1.90. The van der Waals surface area contributed by atoms with E-state index in [0.29, 0.717) is 24.6 Å². The topological polar surface area (TPSA) is 103 Å². The van der Waals surface area contributed by atoms with E-state index in [1.54, 1.807) is 11.9 Å². The molecule has 1 fully saturated rings. The van der Waals surface area contributed by atoms with E-state index in [2.05, 4.69) is 11.9 Å². The van der Waals surface area contributed by atoms with Crippen molar-refractivity contribution in [2.24, 2.45) is 25.7 Å². The van der Waals surface area contributed by atoms with Crippen LogP contribution in [0.4, 0.5) is 0 Å². The lowest BCUT2D eigenvalue weighted by Gasteiger charge is -2.38. The molecule has 0 aliphatic carbocycles. The third-order valence-electron chi connectivity index (χ3n) is 5.05. The van der Waals surface area contributed by atoms with Gasteiger partial charge in [0.05, 0.1) is 10.9 Å². The SMILES string of the molecule is CC1CCN(C(=O)c2cnc3c(c2)c(=O)n(C)c(=O)n3C)C(CN)C1.Cl.Cl. The van der Waals surface area contributed by atoms with E-state index in [1.165, 1.54) is 23.9 Å². The van der Waals surface area contributed by atoms with Crippen LogP contribution in [0.25, 0.3) is 11.0 Å². The number of piperidine rings is 1. The van der Waals surface area contributed by atoms with Gasteiger partial charge in [0.2, 0.25) is 0 Å². The van der Waals surface area contributed by atoms with Crippen LogP contribution in [0.15, 0.2) is 21.9 Å². The van der Waals surface area contributed by atoms with Gasteiger partial charge in [-0.15, -0.1) is 24.8 Å². The minimum Gasteiger partial charge on any atom is -0.334 e. The second-order valence-corrected chi connectivity index (χ2v) is 6.82. The van der Waals surface area contributed by atoms with Gasteiger partial charge in [-0.3, -0.25) is 18.7 Å². The summed E-state index contributed by atoms with van der Waals surface area (Å²) >= 11 is 0. The molecule has 0 spiro atoms. The molecule has 150 valence electrons. The number of hydrogen-bond donors (Lipinski definition) is 1. The summed E-state index contributed by atoms with van der Waals surface area (Å²) in [5.41, 5.74) is 5.55. The van der Waals surface area contributed by atoms with Gasteiger partial charge in [0.25, 0.3) is 11.5 Å². The van der Waals surface area contributed by atoms with Crippen molar-refractivity contribution >= 4 is 41.8 Å². The second-order valence-electron chi connectivity index (χ2n) is 6.82. The standard InChI is InChI=1S/C17H23N5O3.2ClH/c1-10-4-5-22(12(6-10)8-18)15(23)11-7-13-14(19-9-11)20(2)17(25)21(3)16(13)24;;/h7,9-10,12H,4-6,8,18H2,1-3H3;2*1H. The summed E-state index contributed by atoms with van der Waals surface area (Å²) in [6.07, 6.45) is 3.23. The molecule has 0 bridgehead atoms. The zero-order valence-electron chi connectivity index (χ0n) is 15.5. The Bertz CT molecular complexity index is 956. The van der Waals surface area contributed by atoms with E-state index in [9.17, 15) is 14.4 Å². The zero-order valence-corrected chi connectivity index (χ0v) is 17.2. The average Bonchev–Trinajstić information content (AvgIpc) is 2.63. The van der Waals surface area contributed by atoms with Crippen molar-refractivity contribution in [3.8, 4) is 0 Å². The molecule has 27 heavy (non-hydrogen) atoms. The number of halogens is 2. The third kappa shape index (κ3) is 4.02. The largest absolute Gasteiger partial charge is 0.334 e. The van der Waals surface area contributed by atoms with Gasteiger partial charge < -0.3 is 10.6 Å². The molecule has 3 rings (SSSR count). The first-order valence-corrected chi connectivity index (χ1v) is 8.42. The number of pyridine rings is 1. The summed E-state index contributed by atoms with van der Waals surface area (Å²) in [6, 6.07) is 1.52. The average molecular weight is 418 g/mol. The van der Waals surface area contributed by atoms with Crippen LogP contribution in [0, 0.1) is 5.92 Å². The van der Waals surface area contributed by atoms with Crippen LogP contribution < -0.4 is 17.0 Å². The highest BCUT2D eigenvalue weighted by Crippen LogP contribution is 2.24. The molecule has 2 N–H and O–H groups in total. The smallest absolute Gasteiger partial charge is 0.332 e. The molecule has 1 aliphatic heterocycles. The van der Waals surface area contributed by atoms with Crippen molar-refractivity contribution < 1.29 is 4.79 Å². The lowest BCUT2D eigenvalue weighted by molar-refractivity contribution is 0.0573. The molecular formula is C17H25Cl2N5O3. The highest BCUT2D eigenvalue weighted by molar-refractivity contribution is 5.97. The summed E-state index contributed by atoms with van der Waals surface area (Å²) < 4.78 is 2.32. The van der Waals surface area contributed by atoms with Gasteiger partial charge in [0.1, 0.15) is 5.65 Å². The van der Waals surface area contributed by atoms with E-state index in [4.69, 9.17) is 5.73 Å². The molecule has 3 heterocycles. The Labute approximate surface area is 169 Å². The first-order valence-electron chi connectivity index (χ1n) is 8.42. The number of aromatic nitrogens is 3. The fraction of sp³-hybridized carbons (Fsp3) is 0.529. The first kappa shape index (κ1) is 23.1. The van der Waals surface area contributed by atoms with E-state index in [-0.39, 0.29) is 47.8 Å². The van der Waals surface area contributed by atoms with Crippen molar-refractivity contribution in [3.63, 3.8) is 0 Å². The Balaban J connectivity index is 0.00000182. The number of nitrogens with two attached hydrogens (primary N) is 1. The number of aryl methyl sites for hydroxylation is 1. The Morgan fingerprint density at radius 3 is 2.56 bits per heavy atom. The maximum Gasteiger partial charge on any atom is 0.332 e. The van der Waals surface area contributed by atoms with Crippen molar-refractivity contribution in [3.05, 3.63) is 38.7 Å². The molecule has 1 aliphatic rings. The minimum absolute atomic E-state index is 0. The summed E-state index contributed by atoms with van der Waals surface area (Å²) in [7, 11) is 2.96. The van der Waals surface area contributed by atoms with Gasteiger partial charge in [-0.2, -0.15) is 0 Å². The van der Waals surface area contributed by atoms with Crippen LogP contribution in [-0.2, 0) is 14.1 Å². The fourth-order valence-corrected chi connectivity index (χ4v) is 3.49. The van der Waals surface area contributed by atoms with Crippen molar-refractivity contribution in [1.82, 2.24) is 19.0 Å². The number of hydrogen-bond acceptors (Lipinski definition) is 5. The van der Waals surface area contributed by atoms with Crippen LogP contribution in [0.3, 0.4) is 0 Å². The Morgan fingerprint density at radius 2 is 1.93 bits per heavy atom. The lowest BCUT2D eigenvalue weighted by atomic mass is 9.92. The maximum absolute atomic E-state index is 12.9. The Morgan fingerprint density at radius 1 is 1.26 bits per heavy atom. The molecule has 0 aromatic carbocycles. The lowest BCUT2D eigenvalue weighted by Crippen LogP contribution is -2.49. The number of carbonyl (C=O) groups is 1. The number of rotatable bonds is 2. The normalized spacial score (nSPS) is 19.3. The van der Waals surface area contributed by atoms with Crippen molar-refractivity contribution in [2.45, 2.75) is 25.8 Å².